The van der Waals surface area contributed by atoms with Crippen LogP contribution >= 0.6 is 0 Å². The number of methoxy groups -OCH3 is 1. The largest absolute Gasteiger partial charge is 0.443 e. The number of hydrogen-bond donors (Lipinski definition) is 4. The van der Waals surface area contributed by atoms with Crippen LogP contribution in [0.5, 0.6) is 0 Å². The second-order valence-electron chi connectivity index (χ2n) is 13.1. The maximum Gasteiger partial charge on any atom is 0.407 e. The van der Waals surface area contributed by atoms with E-state index in [-0.39, 0.29) is 71.8 Å². The zero-order chi connectivity index (χ0) is 29.9. The van der Waals surface area contributed by atoms with Crippen molar-refractivity contribution >= 4 is 17.9 Å². The Kier molecular flexibility index (Phi) is 10.0. The van der Waals surface area contributed by atoms with Crippen LogP contribution < -0.4 is 21.7 Å². The first-order valence-electron chi connectivity index (χ1n) is 15.2. The number of alkyl carbamates (subject to hydrolysis) is 1. The van der Waals surface area contributed by atoms with Gasteiger partial charge in [0.05, 0.1) is 31.2 Å². The van der Waals surface area contributed by atoms with E-state index in [1.54, 1.807) is 7.11 Å². The molecule has 4 unspecified atom stereocenters. The van der Waals surface area contributed by atoms with Crippen LogP contribution in [0.25, 0.3) is 0 Å². The molecule has 2 saturated carbocycles. The van der Waals surface area contributed by atoms with E-state index in [9.17, 15) is 14.4 Å². The summed E-state index contributed by atoms with van der Waals surface area (Å²) in [5.74, 6) is -0.594. The molecule has 0 aromatic rings. The Bertz CT molecular complexity index is 987. The van der Waals surface area contributed by atoms with E-state index in [4.69, 9.17) is 24.7 Å². The van der Waals surface area contributed by atoms with E-state index in [2.05, 4.69) is 42.8 Å². The fraction of sp³-hybridized carbons (Fsp3) is 0.833. The first-order valence-corrected chi connectivity index (χ1v) is 15.2. The van der Waals surface area contributed by atoms with E-state index >= 15 is 0 Å². The van der Waals surface area contributed by atoms with E-state index < -0.39 is 12.1 Å². The van der Waals surface area contributed by atoms with Gasteiger partial charge < -0.3 is 40.6 Å². The third-order valence-corrected chi connectivity index (χ3v) is 9.35. The van der Waals surface area contributed by atoms with Gasteiger partial charge in [-0.3, -0.25) is 9.59 Å². The van der Waals surface area contributed by atoms with Gasteiger partial charge in [0.25, 0.3) is 0 Å². The summed E-state index contributed by atoms with van der Waals surface area (Å²) < 4.78 is 24.2. The molecule has 4 rings (SSSR count). The smallest absolute Gasteiger partial charge is 0.407 e. The summed E-state index contributed by atoms with van der Waals surface area (Å²) in [5, 5.41) is 8.59. The molecule has 2 heterocycles. The maximum absolute atomic E-state index is 13.0. The lowest BCUT2D eigenvalue weighted by atomic mass is 9.68. The van der Waals surface area contributed by atoms with Crippen molar-refractivity contribution in [3.05, 3.63) is 11.6 Å². The van der Waals surface area contributed by atoms with E-state index in [1.807, 2.05) is 13.8 Å². The molecule has 2 saturated heterocycles. The molecular formula is C30H50N4O7. The minimum absolute atomic E-state index is 0.00229. The van der Waals surface area contributed by atoms with Crippen LogP contribution in [0.2, 0.25) is 0 Å². The summed E-state index contributed by atoms with van der Waals surface area (Å²) in [5.41, 5.74) is 6.43. The predicted octanol–water partition coefficient (Wildman–Crippen LogP) is 2.32. The molecule has 5 N–H and O–H groups in total. The lowest BCUT2D eigenvalue weighted by molar-refractivity contribution is -0.127. The van der Waals surface area contributed by atoms with Gasteiger partial charge in [-0.2, -0.15) is 0 Å². The number of nitrogens with two attached hydrogens (primary N) is 1. The molecule has 11 heteroatoms. The Hall–Kier alpha value is -2.21. The monoisotopic (exact) mass is 578 g/mol. The zero-order valence-corrected chi connectivity index (χ0v) is 25.5. The Balaban J connectivity index is 1.22. The molecule has 0 aromatic carbocycles. The predicted molar refractivity (Wildman–Crippen MR) is 153 cm³/mol. The van der Waals surface area contributed by atoms with Crippen molar-refractivity contribution in [2.75, 3.05) is 20.3 Å². The van der Waals surface area contributed by atoms with E-state index in [0.29, 0.717) is 13.0 Å². The number of carbonyl (C=O) groups excluding carboxylic acids is 3. The summed E-state index contributed by atoms with van der Waals surface area (Å²) >= 11 is 0. The Labute approximate surface area is 244 Å². The summed E-state index contributed by atoms with van der Waals surface area (Å²) in [7, 11) is 1.67. The Morgan fingerprint density at radius 3 is 2.27 bits per heavy atom. The van der Waals surface area contributed by atoms with Crippen LogP contribution in [-0.4, -0.2) is 85.8 Å². The van der Waals surface area contributed by atoms with Crippen molar-refractivity contribution in [1.82, 2.24) is 16.0 Å². The molecule has 41 heavy (non-hydrogen) atoms. The first kappa shape index (κ1) is 31.7. The first-order chi connectivity index (χ1) is 19.4. The zero-order valence-electron chi connectivity index (χ0n) is 25.5. The highest BCUT2D eigenvalue weighted by atomic mass is 16.6. The Morgan fingerprint density at radius 1 is 1.07 bits per heavy atom. The molecule has 0 bridgehead atoms. The van der Waals surface area contributed by atoms with Crippen LogP contribution in [0.1, 0.15) is 79.6 Å². The highest BCUT2D eigenvalue weighted by Gasteiger charge is 2.72. The number of nitrogens with one attached hydrogen (secondary N) is 3. The fourth-order valence-electron chi connectivity index (χ4n) is 6.66. The SMILES string of the molecule is COC1C(OC(=O)N[C@H]2CC[C@H](NC(=O)CNC(=O)[C@@H](N)C(C)C)CC2)CC[C@]2(CO2)C1C1(C)O[C@@H]1CC=C(C)C. The van der Waals surface area contributed by atoms with Crippen LogP contribution in [0.3, 0.4) is 0 Å². The number of hydrogen-bond acceptors (Lipinski definition) is 8. The molecule has 7 atom stereocenters. The quantitative estimate of drug-likeness (QED) is 0.215. The normalized spacial score (nSPS) is 36.7. The number of carbonyl (C=O) groups is 3. The van der Waals surface area contributed by atoms with Gasteiger partial charge in [-0.1, -0.05) is 25.5 Å². The standard InChI is InChI=1S/C30H50N4O7/c1-17(2)7-12-22-29(5,41-22)26-25(38-6)21(13-14-30(26)16-39-30)40-28(37)34-20-10-8-19(9-11-20)33-23(35)15-32-27(36)24(31)18(3)4/h7,18-22,24-26H,8-16,31H2,1-6H3,(H,32,36)(H,33,35)(H,34,37)/t19-,20-,21?,22-,24+,25?,26?,29?,30+/m1/s1. The second-order valence-corrected chi connectivity index (χ2v) is 13.1. The van der Waals surface area contributed by atoms with Crippen molar-refractivity contribution in [1.29, 1.82) is 0 Å². The molecule has 4 aliphatic rings. The molecule has 2 aliphatic heterocycles. The molecule has 0 aromatic heterocycles. The lowest BCUT2D eigenvalue weighted by Crippen LogP contribution is -2.56. The van der Waals surface area contributed by atoms with Crippen molar-refractivity contribution in [2.45, 2.75) is 127 Å². The molecule has 4 fully saturated rings. The molecule has 11 nitrogen and oxygen atoms in total. The minimum Gasteiger partial charge on any atom is -0.443 e. The number of amides is 3. The van der Waals surface area contributed by atoms with Crippen molar-refractivity contribution < 1.29 is 33.3 Å². The van der Waals surface area contributed by atoms with Gasteiger partial charge in [0.1, 0.15) is 23.4 Å². The average molecular weight is 579 g/mol. The van der Waals surface area contributed by atoms with Crippen molar-refractivity contribution in [3.8, 4) is 0 Å². The topological polar surface area (TPSA) is 157 Å². The number of rotatable bonds is 11. The van der Waals surface area contributed by atoms with Crippen molar-refractivity contribution in [2.24, 2.45) is 17.6 Å². The van der Waals surface area contributed by atoms with Gasteiger partial charge in [-0.25, -0.2) is 4.79 Å². The molecule has 232 valence electrons. The number of ether oxygens (including phenoxy) is 4. The van der Waals surface area contributed by atoms with Gasteiger partial charge >= 0.3 is 6.09 Å². The summed E-state index contributed by atoms with van der Waals surface area (Å²) in [6.07, 6.45) is 6.37. The third kappa shape index (κ3) is 7.60. The summed E-state index contributed by atoms with van der Waals surface area (Å²) in [6, 6.07) is -0.673. The maximum atomic E-state index is 13.0. The van der Waals surface area contributed by atoms with Crippen LogP contribution in [-0.2, 0) is 28.5 Å². The average Bonchev–Trinajstić information content (AvgIpc) is 3.84. The lowest BCUT2D eigenvalue weighted by Gasteiger charge is -2.42. The summed E-state index contributed by atoms with van der Waals surface area (Å²) in [6.45, 7) is 10.6. The van der Waals surface area contributed by atoms with E-state index in [1.165, 1.54) is 5.57 Å². The van der Waals surface area contributed by atoms with Crippen molar-refractivity contribution in [3.63, 3.8) is 0 Å². The fourth-order valence-corrected chi connectivity index (χ4v) is 6.66. The van der Waals surface area contributed by atoms with E-state index in [0.717, 1.165) is 38.5 Å². The number of epoxide rings is 2. The van der Waals surface area contributed by atoms with Gasteiger partial charge in [-0.15, -0.1) is 0 Å². The molecule has 1 spiro atoms. The molecular weight excluding hydrogens is 528 g/mol. The second kappa shape index (κ2) is 13.0. The number of allylic oxidation sites excluding steroid dienone is 1. The van der Waals surface area contributed by atoms with Gasteiger partial charge in [-0.05, 0) is 71.6 Å². The van der Waals surface area contributed by atoms with Crippen LogP contribution in [0.15, 0.2) is 11.6 Å². The molecule has 0 radical (unpaired) electrons. The van der Waals surface area contributed by atoms with Gasteiger partial charge in [0.15, 0.2) is 0 Å². The third-order valence-electron chi connectivity index (χ3n) is 9.35. The van der Waals surface area contributed by atoms with Gasteiger partial charge in [0, 0.05) is 19.2 Å². The Morgan fingerprint density at radius 2 is 1.71 bits per heavy atom. The van der Waals surface area contributed by atoms with Crippen LogP contribution in [0.4, 0.5) is 4.79 Å². The van der Waals surface area contributed by atoms with Gasteiger partial charge in [0.2, 0.25) is 11.8 Å². The van der Waals surface area contributed by atoms with Crippen LogP contribution in [0, 0.1) is 11.8 Å². The highest BCUT2D eigenvalue weighted by Crippen LogP contribution is 2.59. The minimum atomic E-state index is -0.638. The highest BCUT2D eigenvalue weighted by molar-refractivity contribution is 5.87. The molecule has 2 aliphatic carbocycles. The molecule has 3 amide bonds. The summed E-state index contributed by atoms with van der Waals surface area (Å²) in [4.78, 5) is 37.2.